The van der Waals surface area contributed by atoms with Crippen molar-refractivity contribution in [2.24, 2.45) is 5.14 Å². The summed E-state index contributed by atoms with van der Waals surface area (Å²) in [6.07, 6.45) is -4.90. The van der Waals surface area contributed by atoms with Gasteiger partial charge in [-0.25, -0.2) is 27.1 Å². The first-order valence-corrected chi connectivity index (χ1v) is 9.20. The Kier molecular flexibility index (Phi) is 5.09. The Morgan fingerprint density at radius 3 is 2.03 bits per heavy atom. The number of benzene rings is 2. The van der Waals surface area contributed by atoms with Gasteiger partial charge in [-0.2, -0.15) is 0 Å². The Bertz CT molecular complexity index is 1100. The number of alkyl halides is 3. The van der Waals surface area contributed by atoms with Crippen molar-refractivity contribution in [2.45, 2.75) is 11.3 Å². The molecule has 0 saturated heterocycles. The lowest BCUT2D eigenvalue weighted by atomic mass is 9.96. The van der Waals surface area contributed by atoms with Crippen LogP contribution in [0.15, 0.2) is 41.3 Å². The summed E-state index contributed by atoms with van der Waals surface area (Å²) in [4.78, 5) is 10.7. The molecule has 0 bridgehead atoms. The first-order chi connectivity index (χ1) is 13.4. The SMILES string of the molecule is NS(=O)(=O)c1c(F)cc(C2=C(c3ccc(OC(F)(F)F)cc3)C(=O)OC2)cc1F. The van der Waals surface area contributed by atoms with Gasteiger partial charge in [-0.05, 0) is 35.4 Å². The fraction of sp³-hybridized carbons (Fsp3) is 0.118. The highest BCUT2D eigenvalue weighted by atomic mass is 32.2. The number of hydrogen-bond donors (Lipinski definition) is 1. The summed E-state index contributed by atoms with van der Waals surface area (Å²) in [5.74, 6) is -4.35. The van der Waals surface area contributed by atoms with Crippen molar-refractivity contribution in [3.8, 4) is 5.75 Å². The van der Waals surface area contributed by atoms with Crippen molar-refractivity contribution in [3.63, 3.8) is 0 Å². The van der Waals surface area contributed by atoms with Crippen LogP contribution in [0.4, 0.5) is 22.0 Å². The second kappa shape index (κ2) is 7.12. The molecule has 1 aliphatic rings. The maximum absolute atomic E-state index is 14.1. The van der Waals surface area contributed by atoms with Crippen LogP contribution in [0.5, 0.6) is 5.75 Å². The zero-order valence-corrected chi connectivity index (χ0v) is 14.9. The summed E-state index contributed by atoms with van der Waals surface area (Å²) in [5.41, 5.74) is -0.221. The summed E-state index contributed by atoms with van der Waals surface area (Å²) in [6, 6.07) is 5.50. The van der Waals surface area contributed by atoms with E-state index in [-0.39, 0.29) is 28.9 Å². The molecule has 154 valence electrons. The van der Waals surface area contributed by atoms with Crippen LogP contribution >= 0.6 is 0 Å². The first kappa shape index (κ1) is 20.7. The smallest absolute Gasteiger partial charge is 0.457 e. The van der Waals surface area contributed by atoms with Crippen molar-refractivity contribution >= 4 is 27.1 Å². The number of carbonyl (C=O) groups excluding carboxylic acids is 1. The number of halogens is 5. The number of ether oxygens (including phenoxy) is 2. The first-order valence-electron chi connectivity index (χ1n) is 7.65. The van der Waals surface area contributed by atoms with Gasteiger partial charge in [0, 0.05) is 5.57 Å². The van der Waals surface area contributed by atoms with E-state index in [9.17, 15) is 35.2 Å². The van der Waals surface area contributed by atoms with E-state index in [1.165, 1.54) is 0 Å². The molecule has 0 unspecified atom stereocenters. The zero-order valence-electron chi connectivity index (χ0n) is 14.1. The van der Waals surface area contributed by atoms with Crippen molar-refractivity contribution in [3.05, 3.63) is 59.2 Å². The molecule has 1 heterocycles. The van der Waals surface area contributed by atoms with Gasteiger partial charge in [0.1, 0.15) is 24.0 Å². The van der Waals surface area contributed by atoms with Gasteiger partial charge in [0.05, 0.1) is 5.57 Å². The molecule has 29 heavy (non-hydrogen) atoms. The molecule has 2 N–H and O–H groups in total. The zero-order chi connectivity index (χ0) is 21.6. The number of carbonyl (C=O) groups is 1. The number of primary sulfonamides is 1. The largest absolute Gasteiger partial charge is 0.573 e. The van der Waals surface area contributed by atoms with Crippen LogP contribution in [0, 0.1) is 11.6 Å². The third-order valence-corrected chi connectivity index (χ3v) is 4.82. The molecule has 0 fully saturated rings. The predicted octanol–water partition coefficient (Wildman–Crippen LogP) is 2.98. The summed E-state index contributed by atoms with van der Waals surface area (Å²) in [7, 11) is -4.67. The number of sulfonamides is 1. The van der Waals surface area contributed by atoms with Gasteiger partial charge in [0.2, 0.25) is 10.0 Å². The number of nitrogens with two attached hydrogens (primary N) is 1. The van der Waals surface area contributed by atoms with Gasteiger partial charge in [0.25, 0.3) is 0 Å². The third-order valence-electron chi connectivity index (χ3n) is 3.86. The Morgan fingerprint density at radius 2 is 1.55 bits per heavy atom. The summed E-state index contributed by atoms with van der Waals surface area (Å²) in [5, 5.41) is 4.77. The standard InChI is InChI=1S/C17H10F5NO5S/c18-12-5-9(6-13(19)15(12)29(23,25)26)11-7-27-16(24)14(11)8-1-3-10(4-2-8)28-17(20,21)22/h1-6H,7H2,(H2,23,25,26). The molecular weight excluding hydrogens is 425 g/mol. The molecule has 12 heteroatoms. The number of hydrogen-bond acceptors (Lipinski definition) is 5. The van der Waals surface area contributed by atoms with E-state index in [1.807, 2.05) is 0 Å². The van der Waals surface area contributed by atoms with Gasteiger partial charge in [-0.1, -0.05) is 12.1 Å². The molecule has 0 aliphatic carbocycles. The fourth-order valence-electron chi connectivity index (χ4n) is 2.75. The van der Waals surface area contributed by atoms with Gasteiger partial charge in [0.15, 0.2) is 4.90 Å². The van der Waals surface area contributed by atoms with E-state index in [1.54, 1.807) is 0 Å². The number of cyclic esters (lactones) is 1. The topological polar surface area (TPSA) is 95.7 Å². The van der Waals surface area contributed by atoms with E-state index >= 15 is 0 Å². The van der Waals surface area contributed by atoms with E-state index in [4.69, 9.17) is 9.88 Å². The van der Waals surface area contributed by atoms with Crippen LogP contribution in [-0.2, 0) is 19.6 Å². The summed E-state index contributed by atoms with van der Waals surface area (Å²) >= 11 is 0. The highest BCUT2D eigenvalue weighted by molar-refractivity contribution is 7.89. The monoisotopic (exact) mass is 435 g/mol. The van der Waals surface area contributed by atoms with E-state index in [2.05, 4.69) is 4.74 Å². The maximum atomic E-state index is 14.1. The lowest BCUT2D eigenvalue weighted by Gasteiger charge is -2.10. The number of rotatable bonds is 4. The Morgan fingerprint density at radius 1 is 1.00 bits per heavy atom. The molecule has 0 atom stereocenters. The van der Waals surface area contributed by atoms with Crippen molar-refractivity contribution in [1.29, 1.82) is 0 Å². The van der Waals surface area contributed by atoms with E-state index in [0.29, 0.717) is 12.1 Å². The normalized spacial score (nSPS) is 14.9. The quantitative estimate of drug-likeness (QED) is 0.589. The van der Waals surface area contributed by atoms with Gasteiger partial charge < -0.3 is 9.47 Å². The maximum Gasteiger partial charge on any atom is 0.573 e. The molecule has 0 spiro atoms. The lowest BCUT2D eigenvalue weighted by Crippen LogP contribution is -2.17. The van der Waals surface area contributed by atoms with Crippen molar-refractivity contribution in [2.75, 3.05) is 6.61 Å². The van der Waals surface area contributed by atoms with Gasteiger partial charge >= 0.3 is 12.3 Å². The molecule has 0 aromatic heterocycles. The average Bonchev–Trinajstić information content (AvgIpc) is 2.94. The van der Waals surface area contributed by atoms with E-state index < -0.39 is 44.6 Å². The highest BCUT2D eigenvalue weighted by Crippen LogP contribution is 2.35. The molecule has 0 radical (unpaired) electrons. The molecule has 0 amide bonds. The molecule has 2 aromatic rings. The Hall–Kier alpha value is -2.99. The molecule has 6 nitrogen and oxygen atoms in total. The minimum absolute atomic E-state index is 0.0123. The summed E-state index contributed by atoms with van der Waals surface area (Å²) in [6.45, 7) is -0.386. The minimum atomic E-state index is -4.90. The fourth-order valence-corrected chi connectivity index (χ4v) is 3.42. The van der Waals surface area contributed by atoms with Crippen LogP contribution in [0.1, 0.15) is 11.1 Å². The van der Waals surface area contributed by atoms with Crippen molar-refractivity contribution < 1.29 is 44.6 Å². The van der Waals surface area contributed by atoms with Crippen LogP contribution in [0.25, 0.3) is 11.1 Å². The third kappa shape index (κ3) is 4.38. The molecule has 3 rings (SSSR count). The Balaban J connectivity index is 2.07. The average molecular weight is 435 g/mol. The lowest BCUT2D eigenvalue weighted by molar-refractivity contribution is -0.274. The molecule has 2 aromatic carbocycles. The number of esters is 1. The summed E-state index contributed by atoms with van der Waals surface area (Å²) < 4.78 is 96.2. The van der Waals surface area contributed by atoms with Crippen LogP contribution in [-0.4, -0.2) is 27.4 Å². The predicted molar refractivity (Wildman–Crippen MR) is 88.6 cm³/mol. The molecule has 0 saturated carbocycles. The van der Waals surface area contributed by atoms with Crippen LogP contribution in [0.2, 0.25) is 0 Å². The van der Waals surface area contributed by atoms with Crippen LogP contribution < -0.4 is 9.88 Å². The Labute approximate surface area is 160 Å². The molecule has 1 aliphatic heterocycles. The van der Waals surface area contributed by atoms with Crippen molar-refractivity contribution in [1.82, 2.24) is 0 Å². The second-order valence-corrected chi connectivity index (χ2v) is 7.31. The minimum Gasteiger partial charge on any atom is -0.457 e. The van der Waals surface area contributed by atoms with Crippen LogP contribution in [0.3, 0.4) is 0 Å². The van der Waals surface area contributed by atoms with Gasteiger partial charge in [-0.3, -0.25) is 0 Å². The van der Waals surface area contributed by atoms with Gasteiger partial charge in [-0.15, -0.1) is 13.2 Å². The molecular formula is C17H10F5NO5S. The van der Waals surface area contributed by atoms with E-state index in [0.717, 1.165) is 24.3 Å². The highest BCUT2D eigenvalue weighted by Gasteiger charge is 2.32. The second-order valence-electron chi connectivity index (χ2n) is 5.82.